The van der Waals surface area contributed by atoms with E-state index in [0.717, 1.165) is 0 Å². The second-order valence-corrected chi connectivity index (χ2v) is 8.28. The Labute approximate surface area is 177 Å². The van der Waals surface area contributed by atoms with E-state index in [9.17, 15) is 18.0 Å². The monoisotopic (exact) mass is 430 g/mol. The largest absolute Gasteiger partial charge is 0.305 e. The number of thiophene rings is 1. The summed E-state index contributed by atoms with van der Waals surface area (Å²) in [6.45, 7) is 1.41. The number of piperidine rings is 1. The van der Waals surface area contributed by atoms with Crippen LogP contribution >= 0.6 is 11.3 Å². The van der Waals surface area contributed by atoms with E-state index in [2.05, 4.69) is 0 Å². The Morgan fingerprint density at radius 1 is 0.967 bits per heavy atom. The van der Waals surface area contributed by atoms with Crippen molar-refractivity contribution in [1.82, 2.24) is 4.90 Å². The number of carbonyl (C=O) groups excluding carboxylic acids is 1. The van der Waals surface area contributed by atoms with Gasteiger partial charge in [0.15, 0.2) is 0 Å². The number of hydrogen-bond acceptors (Lipinski definition) is 3. The Balaban J connectivity index is 1.50. The quantitative estimate of drug-likeness (QED) is 0.535. The minimum Gasteiger partial charge on any atom is -0.305 e. The van der Waals surface area contributed by atoms with Crippen molar-refractivity contribution in [1.29, 1.82) is 0 Å². The molecule has 1 aliphatic rings. The van der Waals surface area contributed by atoms with Crippen molar-refractivity contribution in [3.05, 3.63) is 87.9 Å². The van der Waals surface area contributed by atoms with Crippen LogP contribution in [0.15, 0.2) is 60.0 Å². The Hall–Kier alpha value is -2.64. The summed E-state index contributed by atoms with van der Waals surface area (Å²) in [7, 11) is 0. The lowest BCUT2D eigenvalue weighted by Gasteiger charge is -2.38. The van der Waals surface area contributed by atoms with E-state index in [0.29, 0.717) is 36.5 Å². The summed E-state index contributed by atoms with van der Waals surface area (Å²) in [6.07, 6.45) is 1.31. The van der Waals surface area contributed by atoms with Crippen molar-refractivity contribution in [2.45, 2.75) is 25.4 Å². The third-order valence-corrected chi connectivity index (χ3v) is 6.28. The standard InChI is InChI=1S/C23H21F3N2OS/c24-16-6-8-17(9-7-16)28(23(29)22-5-2-14-30-22)18-10-12-27(13-11-18)15-19-20(25)3-1-4-21(19)26/h1-9,14,18H,10-13,15H2. The number of anilines is 1. The topological polar surface area (TPSA) is 23.6 Å². The van der Waals surface area contributed by atoms with E-state index < -0.39 is 11.6 Å². The van der Waals surface area contributed by atoms with Crippen molar-refractivity contribution in [3.63, 3.8) is 0 Å². The molecule has 2 aromatic carbocycles. The molecule has 0 atom stereocenters. The molecule has 3 aromatic rings. The predicted octanol–water partition coefficient (Wildman–Crippen LogP) is 5.48. The van der Waals surface area contributed by atoms with Gasteiger partial charge in [-0.3, -0.25) is 9.69 Å². The van der Waals surface area contributed by atoms with Crippen LogP contribution in [0.1, 0.15) is 28.1 Å². The van der Waals surface area contributed by atoms with E-state index in [-0.39, 0.29) is 29.9 Å². The number of rotatable bonds is 5. The van der Waals surface area contributed by atoms with Gasteiger partial charge in [-0.15, -0.1) is 11.3 Å². The number of likely N-dealkylation sites (tertiary alicyclic amines) is 1. The number of hydrogen-bond donors (Lipinski definition) is 0. The maximum Gasteiger partial charge on any atom is 0.268 e. The minimum atomic E-state index is -0.544. The van der Waals surface area contributed by atoms with E-state index in [1.807, 2.05) is 16.3 Å². The summed E-state index contributed by atoms with van der Waals surface area (Å²) < 4.78 is 41.4. The van der Waals surface area contributed by atoms with E-state index in [1.165, 1.54) is 41.7 Å². The van der Waals surface area contributed by atoms with Crippen molar-refractivity contribution in [3.8, 4) is 0 Å². The number of amides is 1. The summed E-state index contributed by atoms with van der Waals surface area (Å²) in [4.78, 5) is 17.5. The average Bonchev–Trinajstić information content (AvgIpc) is 3.28. The lowest BCUT2D eigenvalue weighted by Crippen LogP contribution is -2.47. The summed E-state index contributed by atoms with van der Waals surface area (Å²) in [5.41, 5.74) is 0.717. The summed E-state index contributed by atoms with van der Waals surface area (Å²) >= 11 is 1.37. The molecule has 2 heterocycles. The zero-order valence-corrected chi connectivity index (χ0v) is 17.0. The Morgan fingerprint density at radius 3 is 2.23 bits per heavy atom. The minimum absolute atomic E-state index is 0.0704. The molecule has 1 fully saturated rings. The van der Waals surface area contributed by atoms with Crippen molar-refractivity contribution in [2.24, 2.45) is 0 Å². The molecular weight excluding hydrogens is 409 g/mol. The molecule has 0 bridgehead atoms. The van der Waals surface area contributed by atoms with E-state index in [4.69, 9.17) is 0 Å². The zero-order chi connectivity index (χ0) is 21.1. The van der Waals surface area contributed by atoms with Gasteiger partial charge in [0.2, 0.25) is 0 Å². The second-order valence-electron chi connectivity index (χ2n) is 7.34. The molecule has 1 aromatic heterocycles. The molecule has 1 saturated heterocycles. The molecular formula is C23H21F3N2OS. The molecule has 30 heavy (non-hydrogen) atoms. The van der Waals surface area contributed by atoms with Crippen molar-refractivity contribution < 1.29 is 18.0 Å². The highest BCUT2D eigenvalue weighted by Gasteiger charge is 2.30. The van der Waals surface area contributed by atoms with Crippen LogP contribution in [0, 0.1) is 17.5 Å². The first kappa shape index (κ1) is 20.6. The Bertz CT molecular complexity index is 980. The molecule has 1 amide bonds. The summed E-state index contributed by atoms with van der Waals surface area (Å²) in [6, 6.07) is 13.3. The number of nitrogens with zero attached hydrogens (tertiary/aromatic N) is 2. The fourth-order valence-electron chi connectivity index (χ4n) is 3.86. The number of benzene rings is 2. The maximum absolute atomic E-state index is 14.0. The molecule has 0 N–H and O–H groups in total. The summed E-state index contributed by atoms with van der Waals surface area (Å²) in [5, 5.41) is 1.85. The maximum atomic E-state index is 14.0. The van der Waals surface area contributed by atoms with Crippen LogP contribution in [-0.4, -0.2) is 29.9 Å². The predicted molar refractivity (Wildman–Crippen MR) is 112 cm³/mol. The smallest absolute Gasteiger partial charge is 0.268 e. The average molecular weight is 430 g/mol. The van der Waals surface area contributed by atoms with Gasteiger partial charge >= 0.3 is 0 Å². The third-order valence-electron chi connectivity index (χ3n) is 5.42. The molecule has 0 radical (unpaired) electrons. The van der Waals surface area contributed by atoms with Crippen LogP contribution in [0.2, 0.25) is 0 Å². The van der Waals surface area contributed by atoms with Crippen molar-refractivity contribution in [2.75, 3.05) is 18.0 Å². The molecule has 156 valence electrons. The van der Waals surface area contributed by atoms with Gasteiger partial charge in [0, 0.05) is 36.9 Å². The van der Waals surface area contributed by atoms with Crippen LogP contribution in [-0.2, 0) is 6.54 Å². The number of halogens is 3. The Morgan fingerprint density at radius 2 is 1.63 bits per heavy atom. The summed E-state index contributed by atoms with van der Waals surface area (Å²) in [5.74, 6) is -1.56. The van der Waals surface area contributed by atoms with E-state index in [1.54, 1.807) is 23.1 Å². The van der Waals surface area contributed by atoms with Gasteiger partial charge in [-0.2, -0.15) is 0 Å². The van der Waals surface area contributed by atoms with Gasteiger partial charge in [-0.25, -0.2) is 13.2 Å². The second kappa shape index (κ2) is 9.02. The molecule has 0 spiro atoms. The van der Waals surface area contributed by atoms with Gasteiger partial charge in [0.05, 0.1) is 4.88 Å². The van der Waals surface area contributed by atoms with Crippen LogP contribution in [0.3, 0.4) is 0 Å². The van der Waals surface area contributed by atoms with Crippen LogP contribution < -0.4 is 4.90 Å². The number of carbonyl (C=O) groups is 1. The molecule has 0 aliphatic carbocycles. The van der Waals surface area contributed by atoms with Gasteiger partial charge < -0.3 is 4.90 Å². The first-order valence-corrected chi connectivity index (χ1v) is 10.7. The lowest BCUT2D eigenvalue weighted by atomic mass is 10.0. The molecule has 3 nitrogen and oxygen atoms in total. The first-order valence-electron chi connectivity index (χ1n) is 9.81. The van der Waals surface area contributed by atoms with Crippen LogP contribution in [0.5, 0.6) is 0 Å². The van der Waals surface area contributed by atoms with E-state index >= 15 is 0 Å². The Kier molecular flexibility index (Phi) is 6.20. The van der Waals surface area contributed by atoms with Crippen LogP contribution in [0.4, 0.5) is 18.9 Å². The van der Waals surface area contributed by atoms with Gasteiger partial charge in [-0.05, 0) is 60.7 Å². The van der Waals surface area contributed by atoms with Gasteiger partial charge in [0.1, 0.15) is 17.5 Å². The SMILES string of the molecule is O=C(c1cccs1)N(c1ccc(F)cc1)C1CCN(Cc2c(F)cccc2F)CC1. The molecule has 7 heteroatoms. The van der Waals surface area contributed by atoms with Crippen molar-refractivity contribution >= 4 is 22.9 Å². The van der Waals surface area contributed by atoms with Gasteiger partial charge in [0.25, 0.3) is 5.91 Å². The molecule has 0 saturated carbocycles. The highest BCUT2D eigenvalue weighted by molar-refractivity contribution is 7.12. The molecule has 4 rings (SSSR count). The highest BCUT2D eigenvalue weighted by atomic mass is 32.1. The fourth-order valence-corrected chi connectivity index (χ4v) is 4.52. The normalized spacial score (nSPS) is 15.3. The first-order chi connectivity index (χ1) is 14.5. The fraction of sp³-hybridized carbons (Fsp3) is 0.261. The third kappa shape index (κ3) is 4.42. The molecule has 0 unspecified atom stereocenters. The lowest BCUT2D eigenvalue weighted by molar-refractivity contribution is 0.0962. The van der Waals surface area contributed by atoms with Crippen LogP contribution in [0.25, 0.3) is 0 Å². The highest BCUT2D eigenvalue weighted by Crippen LogP contribution is 2.28. The molecule has 1 aliphatic heterocycles. The zero-order valence-electron chi connectivity index (χ0n) is 16.2. The van der Waals surface area contributed by atoms with Gasteiger partial charge in [-0.1, -0.05) is 12.1 Å².